The maximum absolute atomic E-state index is 11.5. The second-order valence-electron chi connectivity index (χ2n) is 4.52. The molecule has 0 radical (unpaired) electrons. The van der Waals surface area contributed by atoms with E-state index in [0.29, 0.717) is 17.9 Å². The fraction of sp³-hybridized carbons (Fsp3) is 0.429. The van der Waals surface area contributed by atoms with Crippen LogP contribution in [0.25, 0.3) is 0 Å². The number of aryl methyl sites for hydroxylation is 3. The van der Waals surface area contributed by atoms with E-state index in [9.17, 15) is 4.79 Å². The van der Waals surface area contributed by atoms with Crippen molar-refractivity contribution in [1.29, 1.82) is 0 Å². The van der Waals surface area contributed by atoms with Gasteiger partial charge >= 0.3 is 5.97 Å². The van der Waals surface area contributed by atoms with Crippen molar-refractivity contribution in [2.45, 2.75) is 33.9 Å². The van der Waals surface area contributed by atoms with Crippen LogP contribution in [0.2, 0.25) is 0 Å². The van der Waals surface area contributed by atoms with Crippen molar-refractivity contribution in [3.05, 3.63) is 38.7 Å². The second kappa shape index (κ2) is 6.19. The molecule has 0 aliphatic carbocycles. The van der Waals surface area contributed by atoms with E-state index in [-0.39, 0.29) is 5.97 Å². The number of hydrogen-bond donors (Lipinski definition) is 1. The zero-order valence-corrected chi connectivity index (χ0v) is 12.9. The molecule has 0 unspecified atom stereocenters. The Morgan fingerprint density at radius 1 is 1.40 bits per heavy atom. The number of ether oxygens (including phenoxy) is 1. The molecule has 0 aliphatic heterocycles. The van der Waals surface area contributed by atoms with Gasteiger partial charge in [-0.15, -0.1) is 11.3 Å². The molecule has 2 aromatic heterocycles. The molecule has 0 atom stereocenters. The van der Waals surface area contributed by atoms with Crippen LogP contribution < -0.4 is 5.32 Å². The van der Waals surface area contributed by atoms with E-state index in [1.54, 1.807) is 24.3 Å². The van der Waals surface area contributed by atoms with Gasteiger partial charge in [-0.1, -0.05) is 0 Å². The first kappa shape index (κ1) is 14.7. The molecular formula is C14H18N2O3S. The molecule has 108 valence electrons. The van der Waals surface area contributed by atoms with E-state index >= 15 is 0 Å². The third-order valence-corrected chi connectivity index (χ3v) is 4.03. The molecule has 0 aromatic carbocycles. The Morgan fingerprint density at radius 2 is 2.15 bits per heavy atom. The minimum absolute atomic E-state index is 0.369. The maximum Gasteiger partial charge on any atom is 0.341 e. The van der Waals surface area contributed by atoms with E-state index < -0.39 is 0 Å². The van der Waals surface area contributed by atoms with Gasteiger partial charge < -0.3 is 14.5 Å². The smallest absolute Gasteiger partial charge is 0.341 e. The van der Waals surface area contributed by atoms with Crippen LogP contribution in [-0.2, 0) is 17.8 Å². The van der Waals surface area contributed by atoms with Gasteiger partial charge in [0.05, 0.1) is 24.4 Å². The van der Waals surface area contributed by atoms with Crippen molar-refractivity contribution in [2.24, 2.45) is 0 Å². The Labute approximate surface area is 122 Å². The Morgan fingerprint density at radius 3 is 2.75 bits per heavy atom. The monoisotopic (exact) mass is 294 g/mol. The van der Waals surface area contributed by atoms with Gasteiger partial charge in [0.1, 0.15) is 17.1 Å². The summed E-state index contributed by atoms with van der Waals surface area (Å²) < 4.78 is 10.2. The number of furan rings is 1. The van der Waals surface area contributed by atoms with Crippen LogP contribution in [0.5, 0.6) is 0 Å². The third kappa shape index (κ3) is 3.26. The summed E-state index contributed by atoms with van der Waals surface area (Å²) in [5, 5.41) is 4.36. The van der Waals surface area contributed by atoms with Crippen molar-refractivity contribution >= 4 is 17.3 Å². The largest absolute Gasteiger partial charge is 0.465 e. The summed E-state index contributed by atoms with van der Waals surface area (Å²) in [5.74, 6) is 0.937. The lowest BCUT2D eigenvalue weighted by Gasteiger charge is -2.00. The fourth-order valence-corrected chi connectivity index (χ4v) is 2.89. The topological polar surface area (TPSA) is 64.4 Å². The lowest BCUT2D eigenvalue weighted by molar-refractivity contribution is 0.0599. The molecule has 0 amide bonds. The summed E-state index contributed by atoms with van der Waals surface area (Å²) in [4.78, 5) is 17.1. The number of thiazole rings is 1. The van der Waals surface area contributed by atoms with E-state index in [2.05, 4.69) is 10.3 Å². The molecule has 0 bridgehead atoms. The standard InChI is InChI=1S/C14H18N2O3S/c1-8-13(20-10(3)16-8)7-15-6-11-5-12(9(2)19-11)14(17)18-4/h5,15H,6-7H2,1-4H3. The molecule has 6 heteroatoms. The van der Waals surface area contributed by atoms with E-state index in [0.717, 1.165) is 23.0 Å². The Kier molecular flexibility index (Phi) is 4.57. The molecule has 2 rings (SSSR count). The van der Waals surface area contributed by atoms with Gasteiger partial charge in [0.15, 0.2) is 0 Å². The van der Waals surface area contributed by atoms with Gasteiger partial charge in [0.25, 0.3) is 0 Å². The molecule has 1 N–H and O–H groups in total. The number of carbonyl (C=O) groups excluding carboxylic acids is 1. The van der Waals surface area contributed by atoms with Gasteiger partial charge in [0, 0.05) is 11.4 Å². The van der Waals surface area contributed by atoms with Crippen LogP contribution in [0.3, 0.4) is 0 Å². The minimum atomic E-state index is -0.369. The van der Waals surface area contributed by atoms with Crippen LogP contribution in [-0.4, -0.2) is 18.1 Å². The highest BCUT2D eigenvalue weighted by Crippen LogP contribution is 2.18. The predicted molar refractivity (Wildman–Crippen MR) is 76.9 cm³/mol. The van der Waals surface area contributed by atoms with Gasteiger partial charge in [-0.2, -0.15) is 0 Å². The number of nitrogens with zero attached hydrogens (tertiary/aromatic N) is 1. The summed E-state index contributed by atoms with van der Waals surface area (Å²) in [6, 6.07) is 1.72. The second-order valence-corrected chi connectivity index (χ2v) is 5.81. The number of nitrogens with one attached hydrogen (secondary N) is 1. The van der Waals surface area contributed by atoms with Crippen LogP contribution in [0.4, 0.5) is 0 Å². The van der Waals surface area contributed by atoms with Gasteiger partial charge in [-0.25, -0.2) is 9.78 Å². The minimum Gasteiger partial charge on any atom is -0.465 e. The highest BCUT2D eigenvalue weighted by atomic mass is 32.1. The van der Waals surface area contributed by atoms with Crippen LogP contribution in [0.1, 0.15) is 37.5 Å². The zero-order chi connectivity index (χ0) is 14.7. The molecule has 2 aromatic rings. The number of methoxy groups -OCH3 is 1. The normalized spacial score (nSPS) is 10.8. The zero-order valence-electron chi connectivity index (χ0n) is 12.1. The lowest BCUT2D eigenvalue weighted by Crippen LogP contribution is -2.12. The van der Waals surface area contributed by atoms with Gasteiger partial charge in [-0.3, -0.25) is 0 Å². The number of rotatable bonds is 5. The molecule has 5 nitrogen and oxygen atoms in total. The molecule has 0 aliphatic rings. The van der Waals surface area contributed by atoms with Crippen molar-refractivity contribution in [3.63, 3.8) is 0 Å². The van der Waals surface area contributed by atoms with Crippen molar-refractivity contribution in [2.75, 3.05) is 7.11 Å². The molecule has 2 heterocycles. The number of esters is 1. The number of aromatic nitrogens is 1. The quantitative estimate of drug-likeness (QED) is 0.859. The molecule has 0 saturated heterocycles. The summed E-state index contributed by atoms with van der Waals surface area (Å²) in [6.07, 6.45) is 0. The van der Waals surface area contributed by atoms with Gasteiger partial charge in [-0.05, 0) is 26.8 Å². The molecular weight excluding hydrogens is 276 g/mol. The Balaban J connectivity index is 1.95. The first-order valence-electron chi connectivity index (χ1n) is 6.32. The summed E-state index contributed by atoms with van der Waals surface area (Å²) in [5.41, 5.74) is 1.54. The molecule has 0 spiro atoms. The Hall–Kier alpha value is -1.66. The van der Waals surface area contributed by atoms with Crippen molar-refractivity contribution in [1.82, 2.24) is 10.3 Å². The van der Waals surface area contributed by atoms with Crippen LogP contribution in [0, 0.1) is 20.8 Å². The summed E-state index contributed by atoms with van der Waals surface area (Å²) in [7, 11) is 1.36. The van der Waals surface area contributed by atoms with E-state index in [1.807, 2.05) is 13.8 Å². The number of hydrogen-bond acceptors (Lipinski definition) is 6. The average molecular weight is 294 g/mol. The first-order chi connectivity index (χ1) is 9.51. The molecule has 0 fully saturated rings. The van der Waals surface area contributed by atoms with Crippen molar-refractivity contribution in [3.8, 4) is 0 Å². The first-order valence-corrected chi connectivity index (χ1v) is 7.14. The average Bonchev–Trinajstić information content (AvgIpc) is 2.92. The van der Waals surface area contributed by atoms with Crippen LogP contribution >= 0.6 is 11.3 Å². The highest BCUT2D eigenvalue weighted by Gasteiger charge is 2.15. The van der Waals surface area contributed by atoms with E-state index in [4.69, 9.17) is 9.15 Å². The third-order valence-electron chi connectivity index (χ3n) is 2.96. The lowest BCUT2D eigenvalue weighted by atomic mass is 10.2. The summed E-state index contributed by atoms with van der Waals surface area (Å²) >= 11 is 1.69. The SMILES string of the molecule is COC(=O)c1cc(CNCc2sc(C)nc2C)oc1C. The highest BCUT2D eigenvalue weighted by molar-refractivity contribution is 7.11. The molecule has 20 heavy (non-hydrogen) atoms. The summed E-state index contributed by atoms with van der Waals surface area (Å²) in [6.45, 7) is 7.07. The molecule has 0 saturated carbocycles. The fourth-order valence-electron chi connectivity index (χ4n) is 1.98. The predicted octanol–water partition coefficient (Wildman–Crippen LogP) is 2.74. The van der Waals surface area contributed by atoms with E-state index in [1.165, 1.54) is 12.0 Å². The van der Waals surface area contributed by atoms with Crippen molar-refractivity contribution < 1.29 is 13.9 Å². The number of carbonyl (C=O) groups is 1. The Bertz CT molecular complexity index is 616. The van der Waals surface area contributed by atoms with Gasteiger partial charge in [0.2, 0.25) is 0 Å². The maximum atomic E-state index is 11.5. The van der Waals surface area contributed by atoms with Crippen LogP contribution in [0.15, 0.2) is 10.5 Å².